The molecular formula is C5H12NO5+. The second-order valence-corrected chi connectivity index (χ2v) is 1.80. The van der Waals surface area contributed by atoms with Crippen LogP contribution in [0.1, 0.15) is 0 Å². The molecule has 0 aliphatic carbocycles. The van der Waals surface area contributed by atoms with Crippen LogP contribution in [0.4, 0.5) is 0 Å². The van der Waals surface area contributed by atoms with Crippen molar-refractivity contribution in [3.05, 3.63) is 0 Å². The normalized spacial score (nSPS) is 11.5. The van der Waals surface area contributed by atoms with Gasteiger partial charge in [0, 0.05) is 0 Å². The largest absolute Gasteiger partial charge is 0.479 e. The van der Waals surface area contributed by atoms with Crippen molar-refractivity contribution in [2.24, 2.45) is 0 Å². The standard InChI is InChI=1S/C5H11NO5/c1-6(9-2,10-3)11-4-5(7)8/h4H2,1-3H3/p+1. The SMILES string of the molecule is CO[N+](C)(OC)OCC(=O)O. The summed E-state index contributed by atoms with van der Waals surface area (Å²) in [4.78, 5) is 23.4. The number of rotatable bonds is 5. The van der Waals surface area contributed by atoms with Crippen molar-refractivity contribution >= 4 is 5.97 Å². The predicted octanol–water partition coefficient (Wildman–Crippen LogP) is -0.428. The molecule has 0 aromatic heterocycles. The van der Waals surface area contributed by atoms with Crippen molar-refractivity contribution in [2.75, 3.05) is 27.9 Å². The maximum atomic E-state index is 10.0. The van der Waals surface area contributed by atoms with Gasteiger partial charge in [0.25, 0.3) is 0 Å². The molecule has 0 radical (unpaired) electrons. The zero-order valence-electron chi connectivity index (χ0n) is 6.73. The Labute approximate surface area is 64.3 Å². The predicted molar refractivity (Wildman–Crippen MR) is 33.8 cm³/mol. The molecule has 1 N–H and O–H groups in total. The number of hydrogen-bond donors (Lipinski definition) is 1. The van der Waals surface area contributed by atoms with Gasteiger partial charge in [-0.2, -0.15) is 0 Å². The Morgan fingerprint density at radius 1 is 1.45 bits per heavy atom. The first-order valence-electron chi connectivity index (χ1n) is 2.88. The second-order valence-electron chi connectivity index (χ2n) is 1.80. The number of quaternary nitrogens is 1. The molecule has 0 saturated carbocycles. The first kappa shape index (κ1) is 10.3. The van der Waals surface area contributed by atoms with Crippen LogP contribution in [-0.2, 0) is 19.3 Å². The molecule has 0 aliphatic rings. The van der Waals surface area contributed by atoms with Crippen molar-refractivity contribution < 1.29 is 29.4 Å². The van der Waals surface area contributed by atoms with Crippen molar-refractivity contribution in [2.45, 2.75) is 0 Å². The lowest BCUT2D eigenvalue weighted by Crippen LogP contribution is -2.42. The minimum Gasteiger partial charge on any atom is -0.479 e. The third-order valence-corrected chi connectivity index (χ3v) is 1.09. The molecule has 66 valence electrons. The van der Waals surface area contributed by atoms with Gasteiger partial charge in [-0.15, -0.1) is 14.5 Å². The molecule has 0 fully saturated rings. The van der Waals surface area contributed by atoms with Gasteiger partial charge in [-0.05, 0) is 0 Å². The summed E-state index contributed by atoms with van der Waals surface area (Å²) in [6.45, 7) is -0.474. The van der Waals surface area contributed by atoms with Gasteiger partial charge in [0.15, 0.2) is 7.05 Å². The Kier molecular flexibility index (Phi) is 3.98. The van der Waals surface area contributed by atoms with Crippen molar-refractivity contribution in [1.82, 2.24) is 0 Å². The van der Waals surface area contributed by atoms with Gasteiger partial charge in [-0.3, -0.25) is 0 Å². The lowest BCUT2D eigenvalue weighted by Gasteiger charge is -2.20. The molecule has 11 heavy (non-hydrogen) atoms. The van der Waals surface area contributed by atoms with Gasteiger partial charge in [-0.25, -0.2) is 4.79 Å². The first-order chi connectivity index (χ1) is 5.04. The Bertz CT molecular complexity index is 133. The average Bonchev–Trinajstić information content (AvgIpc) is 2.00. The summed E-state index contributed by atoms with van der Waals surface area (Å²) in [6.07, 6.45) is 0. The minimum absolute atomic E-state index is 0.474. The third-order valence-electron chi connectivity index (χ3n) is 1.09. The highest BCUT2D eigenvalue weighted by molar-refractivity contribution is 5.67. The summed E-state index contributed by atoms with van der Waals surface area (Å²) in [7, 11) is 4.10. The zero-order chi connectivity index (χ0) is 8.91. The molecule has 0 rings (SSSR count). The van der Waals surface area contributed by atoms with Crippen LogP contribution in [0.5, 0.6) is 0 Å². The highest BCUT2D eigenvalue weighted by Gasteiger charge is 2.25. The third kappa shape index (κ3) is 3.89. The molecule has 0 bridgehead atoms. The Hall–Kier alpha value is -0.690. The van der Waals surface area contributed by atoms with Gasteiger partial charge in [0.1, 0.15) is 14.2 Å². The van der Waals surface area contributed by atoms with Crippen LogP contribution in [0.15, 0.2) is 0 Å². The van der Waals surface area contributed by atoms with Crippen molar-refractivity contribution in [3.8, 4) is 0 Å². The van der Waals surface area contributed by atoms with Crippen LogP contribution in [0, 0.1) is 0 Å². The number of hydrogen-bond acceptors (Lipinski definition) is 4. The van der Waals surface area contributed by atoms with Gasteiger partial charge < -0.3 is 5.11 Å². The monoisotopic (exact) mass is 166 g/mol. The van der Waals surface area contributed by atoms with E-state index in [1.807, 2.05) is 0 Å². The van der Waals surface area contributed by atoms with Crippen LogP contribution in [0.3, 0.4) is 0 Å². The van der Waals surface area contributed by atoms with Gasteiger partial charge >= 0.3 is 5.97 Å². The van der Waals surface area contributed by atoms with E-state index in [2.05, 4.69) is 14.5 Å². The maximum absolute atomic E-state index is 10.0. The molecule has 0 spiro atoms. The van der Waals surface area contributed by atoms with Crippen molar-refractivity contribution in [1.29, 1.82) is 0 Å². The van der Waals surface area contributed by atoms with E-state index in [9.17, 15) is 4.79 Å². The molecule has 0 amide bonds. The molecule has 0 aromatic rings. The number of aliphatic carboxylic acids is 1. The number of carbonyl (C=O) groups is 1. The zero-order valence-corrected chi connectivity index (χ0v) is 6.73. The molecule has 0 atom stereocenters. The molecular weight excluding hydrogens is 154 g/mol. The van der Waals surface area contributed by atoms with E-state index in [1.165, 1.54) is 21.3 Å². The van der Waals surface area contributed by atoms with E-state index >= 15 is 0 Å². The van der Waals surface area contributed by atoms with Crippen LogP contribution in [0.25, 0.3) is 0 Å². The van der Waals surface area contributed by atoms with Crippen LogP contribution in [0.2, 0.25) is 0 Å². The number of hydroxylamine groups is 3. The summed E-state index contributed by atoms with van der Waals surface area (Å²) in [5, 5.41) is 8.22. The molecule has 0 saturated heterocycles. The summed E-state index contributed by atoms with van der Waals surface area (Å²) >= 11 is 0. The number of nitrogens with zero attached hydrogens (tertiary/aromatic N) is 1. The van der Waals surface area contributed by atoms with E-state index in [0.717, 1.165) is 0 Å². The molecule has 6 nitrogen and oxygen atoms in total. The highest BCUT2D eigenvalue weighted by atomic mass is 17.2. The maximum Gasteiger partial charge on any atom is 0.336 e. The fraction of sp³-hybridized carbons (Fsp3) is 0.800. The van der Waals surface area contributed by atoms with Gasteiger partial charge in [-0.1, -0.05) is 0 Å². The number of carboxylic acids is 1. The van der Waals surface area contributed by atoms with E-state index in [1.54, 1.807) is 0 Å². The summed E-state index contributed by atoms with van der Waals surface area (Å²) < 4.78 is 0. The smallest absolute Gasteiger partial charge is 0.336 e. The van der Waals surface area contributed by atoms with Crippen molar-refractivity contribution in [3.63, 3.8) is 0 Å². The highest BCUT2D eigenvalue weighted by Crippen LogP contribution is 2.02. The fourth-order valence-electron chi connectivity index (χ4n) is 0.352. The van der Waals surface area contributed by atoms with Gasteiger partial charge in [0.2, 0.25) is 6.61 Å². The van der Waals surface area contributed by atoms with Gasteiger partial charge in [0.05, 0.1) is 4.97 Å². The molecule has 0 unspecified atom stereocenters. The topological polar surface area (TPSA) is 65.0 Å². The van der Waals surface area contributed by atoms with Crippen LogP contribution < -0.4 is 0 Å². The van der Waals surface area contributed by atoms with Crippen LogP contribution >= 0.6 is 0 Å². The molecule has 0 aliphatic heterocycles. The molecule has 0 heterocycles. The first-order valence-corrected chi connectivity index (χ1v) is 2.88. The summed E-state index contributed by atoms with van der Waals surface area (Å²) in [6, 6.07) is 0. The average molecular weight is 166 g/mol. The Balaban J connectivity index is 3.78. The number of carboxylic acid groups (broad SMARTS) is 1. The second kappa shape index (κ2) is 4.24. The van der Waals surface area contributed by atoms with E-state index in [4.69, 9.17) is 5.11 Å². The van der Waals surface area contributed by atoms with E-state index in [-0.39, 0.29) is 0 Å². The Morgan fingerprint density at radius 2 is 1.91 bits per heavy atom. The lowest BCUT2D eigenvalue weighted by molar-refractivity contribution is -1.35. The van der Waals surface area contributed by atoms with E-state index in [0.29, 0.717) is 0 Å². The summed E-state index contributed by atoms with van der Waals surface area (Å²) in [5.41, 5.74) is 0. The Morgan fingerprint density at radius 3 is 2.18 bits per heavy atom. The fourth-order valence-corrected chi connectivity index (χ4v) is 0.352. The van der Waals surface area contributed by atoms with E-state index < -0.39 is 17.5 Å². The lowest BCUT2D eigenvalue weighted by atomic mass is 10.8. The molecule has 6 heteroatoms. The summed E-state index contributed by atoms with van der Waals surface area (Å²) in [5.74, 6) is -1.08. The quantitative estimate of drug-likeness (QED) is 0.443. The minimum atomic E-state index is -1.08. The van der Waals surface area contributed by atoms with Crippen LogP contribution in [-0.4, -0.2) is 43.9 Å². The molecule has 0 aromatic carbocycles.